The minimum Gasteiger partial charge on any atom is -0.496 e. The Labute approximate surface area is 127 Å². The molecule has 0 amide bonds. The lowest BCUT2D eigenvalue weighted by Gasteiger charge is -2.38. The van der Waals surface area contributed by atoms with Crippen LogP contribution in [0.15, 0.2) is 18.2 Å². The van der Waals surface area contributed by atoms with Crippen molar-refractivity contribution in [2.45, 2.75) is 51.9 Å². The zero-order valence-electron chi connectivity index (χ0n) is 13.2. The fourth-order valence-corrected chi connectivity index (χ4v) is 4.38. The van der Waals surface area contributed by atoms with Gasteiger partial charge in [-0.05, 0) is 61.8 Å². The average molecular weight is 286 g/mol. The third-order valence-corrected chi connectivity index (χ3v) is 5.59. The van der Waals surface area contributed by atoms with E-state index in [9.17, 15) is 4.79 Å². The van der Waals surface area contributed by atoms with Crippen molar-refractivity contribution in [3.05, 3.63) is 29.3 Å². The van der Waals surface area contributed by atoms with E-state index in [1.165, 1.54) is 32.1 Å². The molecular weight excluding hydrogens is 260 g/mol. The minimum atomic E-state index is 0.247. The first-order chi connectivity index (χ1) is 10.2. The summed E-state index contributed by atoms with van der Waals surface area (Å²) in [4.78, 5) is 12.8. The first kappa shape index (κ1) is 14.6. The average Bonchev–Trinajstić information content (AvgIpc) is 2.53. The summed E-state index contributed by atoms with van der Waals surface area (Å²) in [6, 6.07) is 5.85. The minimum absolute atomic E-state index is 0.247. The molecule has 2 fully saturated rings. The normalized spacial score (nSPS) is 28.8. The van der Waals surface area contributed by atoms with Gasteiger partial charge in [-0.25, -0.2) is 0 Å². The van der Waals surface area contributed by atoms with Gasteiger partial charge in [0.1, 0.15) is 5.75 Å². The molecule has 0 bridgehead atoms. The predicted molar refractivity (Wildman–Crippen MR) is 84.9 cm³/mol. The van der Waals surface area contributed by atoms with E-state index in [4.69, 9.17) is 4.74 Å². The number of fused-ring (bicyclic) bond motifs is 1. The van der Waals surface area contributed by atoms with Crippen LogP contribution in [-0.4, -0.2) is 12.9 Å². The standard InChI is InChI=1S/C19H26O2/c1-13-11-16(9-10-18(13)21-2)19(20)17-8-7-14-5-3-4-6-15(14)12-17/h9-11,14-15,17H,3-8,12H2,1-2H3. The quantitative estimate of drug-likeness (QED) is 0.747. The summed E-state index contributed by atoms with van der Waals surface area (Å²) in [5.74, 6) is 3.17. The first-order valence-corrected chi connectivity index (χ1v) is 8.38. The number of carbonyl (C=O) groups is 1. The summed E-state index contributed by atoms with van der Waals surface area (Å²) in [6.45, 7) is 2.01. The molecule has 2 saturated carbocycles. The number of methoxy groups -OCH3 is 1. The number of ketones is 1. The molecule has 0 spiro atoms. The van der Waals surface area contributed by atoms with Gasteiger partial charge in [-0.3, -0.25) is 4.79 Å². The van der Waals surface area contributed by atoms with Gasteiger partial charge in [0.15, 0.2) is 5.78 Å². The van der Waals surface area contributed by atoms with Crippen LogP contribution in [0, 0.1) is 24.7 Å². The third kappa shape index (κ3) is 3.00. The van der Waals surface area contributed by atoms with Gasteiger partial charge in [0.2, 0.25) is 0 Å². The monoisotopic (exact) mass is 286 g/mol. The molecule has 0 radical (unpaired) electrons. The van der Waals surface area contributed by atoms with Crippen molar-refractivity contribution in [2.75, 3.05) is 7.11 Å². The molecule has 0 heterocycles. The highest BCUT2D eigenvalue weighted by atomic mass is 16.5. The van der Waals surface area contributed by atoms with Crippen molar-refractivity contribution in [1.82, 2.24) is 0 Å². The second-order valence-corrected chi connectivity index (χ2v) is 6.86. The summed E-state index contributed by atoms with van der Waals surface area (Å²) in [7, 11) is 1.67. The fourth-order valence-electron chi connectivity index (χ4n) is 4.38. The zero-order chi connectivity index (χ0) is 14.8. The molecule has 1 aromatic carbocycles. The van der Waals surface area contributed by atoms with Crippen LogP contribution in [0.3, 0.4) is 0 Å². The summed E-state index contributed by atoms with van der Waals surface area (Å²) in [6.07, 6.45) is 8.97. The second-order valence-electron chi connectivity index (χ2n) is 6.86. The van der Waals surface area contributed by atoms with Gasteiger partial charge in [-0.2, -0.15) is 0 Å². The van der Waals surface area contributed by atoms with Crippen LogP contribution in [0.4, 0.5) is 0 Å². The molecule has 0 N–H and O–H groups in total. The smallest absolute Gasteiger partial charge is 0.165 e. The molecule has 2 aliphatic rings. The lowest BCUT2D eigenvalue weighted by atomic mass is 9.66. The molecule has 114 valence electrons. The number of Topliss-reactive ketones (excluding diaryl/α,β-unsaturated/α-hetero) is 1. The maximum absolute atomic E-state index is 12.8. The van der Waals surface area contributed by atoms with Crippen LogP contribution in [0.5, 0.6) is 5.75 Å². The van der Waals surface area contributed by atoms with Crippen LogP contribution in [0.25, 0.3) is 0 Å². The van der Waals surface area contributed by atoms with Gasteiger partial charge >= 0.3 is 0 Å². The first-order valence-electron chi connectivity index (χ1n) is 8.38. The van der Waals surface area contributed by atoms with E-state index in [1.807, 2.05) is 25.1 Å². The van der Waals surface area contributed by atoms with Crippen molar-refractivity contribution >= 4 is 5.78 Å². The van der Waals surface area contributed by atoms with Crippen LogP contribution < -0.4 is 4.74 Å². The molecule has 21 heavy (non-hydrogen) atoms. The third-order valence-electron chi connectivity index (χ3n) is 5.59. The fraction of sp³-hybridized carbons (Fsp3) is 0.632. The summed E-state index contributed by atoms with van der Waals surface area (Å²) in [5, 5.41) is 0. The van der Waals surface area contributed by atoms with Gasteiger partial charge in [0, 0.05) is 11.5 Å². The Morgan fingerprint density at radius 1 is 1.10 bits per heavy atom. The second kappa shape index (κ2) is 6.21. The number of benzene rings is 1. The lowest BCUT2D eigenvalue weighted by molar-refractivity contribution is 0.0763. The van der Waals surface area contributed by atoms with Gasteiger partial charge in [0.05, 0.1) is 7.11 Å². The Hall–Kier alpha value is -1.31. The van der Waals surface area contributed by atoms with E-state index in [0.717, 1.165) is 41.6 Å². The number of carbonyl (C=O) groups excluding carboxylic acids is 1. The number of ether oxygens (including phenoxy) is 1. The Morgan fingerprint density at radius 3 is 2.57 bits per heavy atom. The molecule has 2 aliphatic carbocycles. The molecule has 0 aliphatic heterocycles. The molecule has 3 rings (SSSR count). The number of rotatable bonds is 3. The Morgan fingerprint density at radius 2 is 1.86 bits per heavy atom. The van der Waals surface area contributed by atoms with E-state index in [2.05, 4.69) is 0 Å². The van der Waals surface area contributed by atoms with Gasteiger partial charge in [-0.1, -0.05) is 25.7 Å². The zero-order valence-corrected chi connectivity index (χ0v) is 13.2. The number of hydrogen-bond acceptors (Lipinski definition) is 2. The van der Waals surface area contributed by atoms with Gasteiger partial charge < -0.3 is 4.74 Å². The summed E-state index contributed by atoms with van der Waals surface area (Å²) >= 11 is 0. The maximum atomic E-state index is 12.8. The van der Waals surface area contributed by atoms with Crippen molar-refractivity contribution in [3.8, 4) is 5.75 Å². The largest absolute Gasteiger partial charge is 0.496 e. The summed E-state index contributed by atoms with van der Waals surface area (Å²) < 4.78 is 5.28. The van der Waals surface area contributed by atoms with Crippen LogP contribution in [0.2, 0.25) is 0 Å². The molecular formula is C19H26O2. The highest BCUT2D eigenvalue weighted by Gasteiger charge is 2.35. The van der Waals surface area contributed by atoms with Gasteiger partial charge in [-0.15, -0.1) is 0 Å². The number of aryl methyl sites for hydroxylation is 1. The van der Waals surface area contributed by atoms with E-state index in [-0.39, 0.29) is 5.92 Å². The highest BCUT2D eigenvalue weighted by Crippen LogP contribution is 2.43. The van der Waals surface area contributed by atoms with Crippen LogP contribution >= 0.6 is 0 Å². The Bertz CT molecular complexity index is 520. The topological polar surface area (TPSA) is 26.3 Å². The SMILES string of the molecule is COc1ccc(C(=O)C2CCC3CCCCC3C2)cc1C. The Balaban J connectivity index is 1.71. The van der Waals surface area contributed by atoms with Crippen LogP contribution in [0.1, 0.15) is 60.9 Å². The van der Waals surface area contributed by atoms with Gasteiger partial charge in [0.25, 0.3) is 0 Å². The van der Waals surface area contributed by atoms with E-state index >= 15 is 0 Å². The molecule has 2 nitrogen and oxygen atoms in total. The van der Waals surface area contributed by atoms with Crippen molar-refractivity contribution in [1.29, 1.82) is 0 Å². The van der Waals surface area contributed by atoms with Crippen molar-refractivity contribution in [2.24, 2.45) is 17.8 Å². The maximum Gasteiger partial charge on any atom is 0.165 e. The van der Waals surface area contributed by atoms with Crippen molar-refractivity contribution < 1.29 is 9.53 Å². The van der Waals surface area contributed by atoms with E-state index in [0.29, 0.717) is 5.78 Å². The van der Waals surface area contributed by atoms with Crippen molar-refractivity contribution in [3.63, 3.8) is 0 Å². The lowest BCUT2D eigenvalue weighted by Crippen LogP contribution is -2.31. The molecule has 3 unspecified atom stereocenters. The molecule has 3 atom stereocenters. The highest BCUT2D eigenvalue weighted by molar-refractivity contribution is 5.98. The number of hydrogen-bond donors (Lipinski definition) is 0. The molecule has 2 heteroatoms. The van der Waals surface area contributed by atoms with Crippen LogP contribution in [-0.2, 0) is 0 Å². The molecule has 0 saturated heterocycles. The molecule has 0 aromatic heterocycles. The Kier molecular flexibility index (Phi) is 4.32. The van der Waals surface area contributed by atoms with E-state index in [1.54, 1.807) is 7.11 Å². The summed E-state index contributed by atoms with van der Waals surface area (Å²) in [5.41, 5.74) is 1.92. The van der Waals surface area contributed by atoms with E-state index < -0.39 is 0 Å². The molecule has 1 aromatic rings. The predicted octanol–water partition coefficient (Wildman–Crippen LogP) is 4.79.